The van der Waals surface area contributed by atoms with Gasteiger partial charge in [-0.3, -0.25) is 0 Å². The van der Waals surface area contributed by atoms with Gasteiger partial charge in [0.25, 0.3) is 0 Å². The normalized spacial score (nSPS) is 11.3. The standard InChI is InChI=1S/C40H22N2/c41-23-25-5-9-28(10-6-25)33-17-15-30-16-18-35-37(29-11-7-26(24-42)8-12-29)22-38(36-20-19-34(33)39(30)40(35)36)32-14-13-27-3-1-2-4-31(27)21-32/h1-22H. The lowest BCUT2D eigenvalue weighted by molar-refractivity contribution is 1.48. The van der Waals surface area contributed by atoms with Crippen LogP contribution in [0.25, 0.3) is 76.5 Å². The summed E-state index contributed by atoms with van der Waals surface area (Å²) in [4.78, 5) is 0. The third-order valence-electron chi connectivity index (χ3n) is 8.49. The predicted octanol–water partition coefficient (Wildman–Crippen LogP) is 10.5. The van der Waals surface area contributed by atoms with E-state index in [4.69, 9.17) is 0 Å². The first-order valence-electron chi connectivity index (χ1n) is 14.0. The van der Waals surface area contributed by atoms with Crippen molar-refractivity contribution in [3.05, 3.63) is 145 Å². The summed E-state index contributed by atoms with van der Waals surface area (Å²) in [6.45, 7) is 0. The van der Waals surface area contributed by atoms with Crippen molar-refractivity contribution in [3.8, 4) is 45.5 Å². The van der Waals surface area contributed by atoms with Crippen molar-refractivity contribution in [1.29, 1.82) is 10.5 Å². The molecular weight excluding hydrogens is 508 g/mol. The molecule has 0 fully saturated rings. The van der Waals surface area contributed by atoms with Crippen LogP contribution in [0.2, 0.25) is 0 Å². The van der Waals surface area contributed by atoms with Crippen LogP contribution < -0.4 is 0 Å². The lowest BCUT2D eigenvalue weighted by Gasteiger charge is -2.20. The molecule has 0 N–H and O–H groups in total. The van der Waals surface area contributed by atoms with Crippen molar-refractivity contribution >= 4 is 43.1 Å². The van der Waals surface area contributed by atoms with Crippen LogP contribution in [-0.4, -0.2) is 0 Å². The lowest BCUT2D eigenvalue weighted by atomic mass is 9.83. The van der Waals surface area contributed by atoms with Gasteiger partial charge in [0, 0.05) is 0 Å². The third kappa shape index (κ3) is 3.64. The molecule has 0 aromatic heterocycles. The molecule has 42 heavy (non-hydrogen) atoms. The molecule has 0 aliphatic rings. The molecule has 8 aromatic carbocycles. The van der Waals surface area contributed by atoms with Gasteiger partial charge in [0.15, 0.2) is 0 Å². The molecule has 8 rings (SSSR count). The summed E-state index contributed by atoms with van der Waals surface area (Å²) in [6.07, 6.45) is 0. The Labute approximate surface area is 243 Å². The van der Waals surface area contributed by atoms with Crippen LogP contribution in [0, 0.1) is 22.7 Å². The summed E-state index contributed by atoms with van der Waals surface area (Å²) in [7, 11) is 0. The fourth-order valence-corrected chi connectivity index (χ4v) is 6.43. The van der Waals surface area contributed by atoms with Crippen LogP contribution in [0.1, 0.15) is 11.1 Å². The number of nitrogens with zero attached hydrogens (tertiary/aromatic N) is 2. The molecule has 0 aliphatic heterocycles. The monoisotopic (exact) mass is 530 g/mol. The number of nitriles is 2. The Morgan fingerprint density at radius 3 is 1.52 bits per heavy atom. The summed E-state index contributed by atoms with van der Waals surface area (Å²) in [6, 6.07) is 51.1. The van der Waals surface area contributed by atoms with E-state index in [9.17, 15) is 10.5 Å². The second-order valence-electron chi connectivity index (χ2n) is 10.8. The number of fused-ring (bicyclic) bond motifs is 1. The smallest absolute Gasteiger partial charge is 0.0991 e. The van der Waals surface area contributed by atoms with Gasteiger partial charge in [0.1, 0.15) is 0 Å². The summed E-state index contributed by atoms with van der Waals surface area (Å²) < 4.78 is 0. The average Bonchev–Trinajstić information content (AvgIpc) is 3.06. The van der Waals surface area contributed by atoms with Crippen molar-refractivity contribution in [2.24, 2.45) is 0 Å². The molecule has 0 amide bonds. The van der Waals surface area contributed by atoms with Crippen molar-refractivity contribution in [2.75, 3.05) is 0 Å². The topological polar surface area (TPSA) is 47.6 Å². The highest BCUT2D eigenvalue weighted by Gasteiger charge is 2.18. The first-order valence-corrected chi connectivity index (χ1v) is 14.0. The molecule has 192 valence electrons. The van der Waals surface area contributed by atoms with E-state index in [1.54, 1.807) is 0 Å². The minimum absolute atomic E-state index is 0.651. The van der Waals surface area contributed by atoms with Crippen molar-refractivity contribution in [1.82, 2.24) is 0 Å². The molecule has 0 aliphatic carbocycles. The molecule has 0 saturated heterocycles. The molecule has 0 saturated carbocycles. The maximum atomic E-state index is 9.42. The van der Waals surface area contributed by atoms with Crippen LogP contribution >= 0.6 is 0 Å². The van der Waals surface area contributed by atoms with E-state index in [2.05, 4.69) is 109 Å². The molecule has 0 atom stereocenters. The zero-order valence-corrected chi connectivity index (χ0v) is 22.6. The fraction of sp³-hybridized carbons (Fsp3) is 0. The van der Waals surface area contributed by atoms with E-state index in [1.165, 1.54) is 54.2 Å². The van der Waals surface area contributed by atoms with Crippen LogP contribution in [0.5, 0.6) is 0 Å². The highest BCUT2D eigenvalue weighted by Crippen LogP contribution is 2.46. The van der Waals surface area contributed by atoms with Crippen LogP contribution in [-0.2, 0) is 0 Å². The zero-order chi connectivity index (χ0) is 28.2. The Kier molecular flexibility index (Phi) is 5.29. The Bertz CT molecular complexity index is 2400. The van der Waals surface area contributed by atoms with Gasteiger partial charge in [-0.1, -0.05) is 97.1 Å². The van der Waals surface area contributed by atoms with E-state index in [1.807, 2.05) is 36.4 Å². The van der Waals surface area contributed by atoms with Gasteiger partial charge >= 0.3 is 0 Å². The first-order chi connectivity index (χ1) is 20.7. The number of hydrogen-bond donors (Lipinski definition) is 0. The highest BCUT2D eigenvalue weighted by molar-refractivity contribution is 6.30. The van der Waals surface area contributed by atoms with Gasteiger partial charge in [0.05, 0.1) is 23.3 Å². The van der Waals surface area contributed by atoms with E-state index in [-0.39, 0.29) is 0 Å². The second-order valence-corrected chi connectivity index (χ2v) is 10.8. The van der Waals surface area contributed by atoms with Crippen LogP contribution in [0.4, 0.5) is 0 Å². The van der Waals surface area contributed by atoms with E-state index in [0.717, 1.165) is 22.3 Å². The van der Waals surface area contributed by atoms with E-state index in [0.29, 0.717) is 11.1 Å². The Hall–Kier alpha value is -5.96. The van der Waals surface area contributed by atoms with Gasteiger partial charge < -0.3 is 0 Å². The zero-order valence-electron chi connectivity index (χ0n) is 22.6. The summed E-state index contributed by atoms with van der Waals surface area (Å²) in [5.41, 5.74) is 8.14. The van der Waals surface area contributed by atoms with Gasteiger partial charge in [-0.05, 0) is 113 Å². The number of hydrogen-bond acceptors (Lipinski definition) is 2. The number of rotatable bonds is 3. The Balaban J connectivity index is 1.48. The molecule has 0 unspecified atom stereocenters. The van der Waals surface area contributed by atoms with Gasteiger partial charge in [-0.25, -0.2) is 0 Å². The average molecular weight is 531 g/mol. The maximum Gasteiger partial charge on any atom is 0.0991 e. The summed E-state index contributed by atoms with van der Waals surface area (Å²) in [5, 5.41) is 28.4. The van der Waals surface area contributed by atoms with Crippen molar-refractivity contribution < 1.29 is 0 Å². The molecule has 8 aromatic rings. The van der Waals surface area contributed by atoms with Gasteiger partial charge in [0.2, 0.25) is 0 Å². The Morgan fingerprint density at radius 2 is 0.857 bits per heavy atom. The van der Waals surface area contributed by atoms with Crippen LogP contribution in [0.3, 0.4) is 0 Å². The minimum Gasteiger partial charge on any atom is -0.192 e. The van der Waals surface area contributed by atoms with E-state index < -0.39 is 0 Å². The molecule has 0 bridgehead atoms. The largest absolute Gasteiger partial charge is 0.192 e. The molecule has 2 nitrogen and oxygen atoms in total. The maximum absolute atomic E-state index is 9.42. The Morgan fingerprint density at radius 1 is 0.357 bits per heavy atom. The van der Waals surface area contributed by atoms with Crippen molar-refractivity contribution in [2.45, 2.75) is 0 Å². The molecule has 0 radical (unpaired) electrons. The van der Waals surface area contributed by atoms with Crippen LogP contribution in [0.15, 0.2) is 133 Å². The lowest BCUT2D eigenvalue weighted by Crippen LogP contribution is -1.92. The predicted molar refractivity (Wildman–Crippen MR) is 173 cm³/mol. The highest BCUT2D eigenvalue weighted by atomic mass is 14.2. The SMILES string of the molecule is N#Cc1ccc(-c2ccc3ccc4c(-c5ccc(C#N)cc5)cc(-c5ccc6ccccc6c5)c5ccc2c3c45)cc1. The first kappa shape index (κ1) is 23.9. The summed E-state index contributed by atoms with van der Waals surface area (Å²) in [5.74, 6) is 0. The molecule has 0 heterocycles. The molecule has 2 heteroatoms. The van der Waals surface area contributed by atoms with Crippen molar-refractivity contribution in [3.63, 3.8) is 0 Å². The second kappa shape index (κ2) is 9.31. The fourth-order valence-electron chi connectivity index (χ4n) is 6.43. The minimum atomic E-state index is 0.651. The molecule has 0 spiro atoms. The number of benzene rings is 8. The van der Waals surface area contributed by atoms with Gasteiger partial charge in [-0.2, -0.15) is 10.5 Å². The van der Waals surface area contributed by atoms with E-state index >= 15 is 0 Å². The third-order valence-corrected chi connectivity index (χ3v) is 8.49. The van der Waals surface area contributed by atoms with Gasteiger partial charge in [-0.15, -0.1) is 0 Å². The summed E-state index contributed by atoms with van der Waals surface area (Å²) >= 11 is 0. The molecular formula is C40H22N2. The quantitative estimate of drug-likeness (QED) is 0.213.